The van der Waals surface area contributed by atoms with Gasteiger partial charge in [0.15, 0.2) is 0 Å². The van der Waals surface area contributed by atoms with Crippen LogP contribution in [0.2, 0.25) is 0 Å². The number of nitrogens with zero attached hydrogens (tertiary/aromatic N) is 1. The van der Waals surface area contributed by atoms with Crippen LogP contribution in [0.25, 0.3) is 0 Å². The lowest BCUT2D eigenvalue weighted by atomic mass is 9.95. The van der Waals surface area contributed by atoms with Gasteiger partial charge in [0.1, 0.15) is 0 Å². The first-order valence-electron chi connectivity index (χ1n) is 7.97. The second-order valence-corrected chi connectivity index (χ2v) is 7.19. The van der Waals surface area contributed by atoms with Gasteiger partial charge in [0.05, 0.1) is 6.61 Å². The lowest BCUT2D eigenvalue weighted by Gasteiger charge is -2.31. The lowest BCUT2D eigenvalue weighted by molar-refractivity contribution is 0.152. The number of hydrogen-bond acceptors (Lipinski definition) is 3. The first kappa shape index (κ1) is 16.9. The molecule has 3 heteroatoms. The molecule has 1 fully saturated rings. The fraction of sp³-hybridized carbons (Fsp3) is 1.00. The van der Waals surface area contributed by atoms with Gasteiger partial charge in [0.2, 0.25) is 0 Å². The molecule has 2 N–H and O–H groups in total. The highest BCUT2D eigenvalue weighted by atomic mass is 16.3. The molecule has 0 aromatic heterocycles. The molecule has 3 unspecified atom stereocenters. The van der Waals surface area contributed by atoms with E-state index in [1.54, 1.807) is 0 Å². The number of aliphatic hydroxyl groups excluding tert-OH is 1. The number of likely N-dealkylation sites (tertiary alicyclic amines) is 1. The van der Waals surface area contributed by atoms with Gasteiger partial charge in [-0.05, 0) is 38.1 Å². The average Bonchev–Trinajstić information content (AvgIpc) is 2.64. The summed E-state index contributed by atoms with van der Waals surface area (Å²) in [5, 5.41) is 13.0. The second kappa shape index (κ2) is 7.61. The van der Waals surface area contributed by atoms with Gasteiger partial charge in [-0.3, -0.25) is 0 Å². The molecule has 0 saturated carbocycles. The van der Waals surface area contributed by atoms with Crippen molar-refractivity contribution in [3.05, 3.63) is 0 Å². The van der Waals surface area contributed by atoms with Crippen molar-refractivity contribution >= 4 is 0 Å². The zero-order valence-electron chi connectivity index (χ0n) is 13.6. The minimum absolute atomic E-state index is 0.111. The number of unbranched alkanes of at least 4 members (excludes halogenated alkanes) is 1. The van der Waals surface area contributed by atoms with Crippen molar-refractivity contribution < 1.29 is 5.11 Å². The molecule has 0 amide bonds. The van der Waals surface area contributed by atoms with Crippen LogP contribution >= 0.6 is 0 Å². The minimum atomic E-state index is -0.111. The summed E-state index contributed by atoms with van der Waals surface area (Å²) in [6.07, 6.45) is 3.49. The van der Waals surface area contributed by atoms with Gasteiger partial charge < -0.3 is 15.3 Å². The highest BCUT2D eigenvalue weighted by Gasteiger charge is 2.26. The van der Waals surface area contributed by atoms with Crippen LogP contribution in [0.4, 0.5) is 0 Å². The first-order chi connectivity index (χ1) is 8.86. The van der Waals surface area contributed by atoms with Crippen molar-refractivity contribution in [2.24, 2.45) is 11.8 Å². The van der Waals surface area contributed by atoms with E-state index in [-0.39, 0.29) is 12.1 Å². The minimum Gasteiger partial charge on any atom is -0.394 e. The molecule has 0 bridgehead atoms. The molecule has 1 saturated heterocycles. The summed E-state index contributed by atoms with van der Waals surface area (Å²) in [6, 6.07) is 0.428. The SMILES string of the molecule is CC(C)NC(C)(CO)CCCCN1CC(C)C(C)C1. The number of nitrogens with one attached hydrogen (secondary N) is 1. The predicted molar refractivity (Wildman–Crippen MR) is 82.4 cm³/mol. The molecule has 0 aliphatic carbocycles. The van der Waals surface area contributed by atoms with Gasteiger partial charge in [-0.15, -0.1) is 0 Å². The molecule has 0 radical (unpaired) electrons. The van der Waals surface area contributed by atoms with Crippen molar-refractivity contribution in [3.8, 4) is 0 Å². The van der Waals surface area contributed by atoms with E-state index in [9.17, 15) is 5.11 Å². The Hall–Kier alpha value is -0.120. The Kier molecular flexibility index (Phi) is 6.78. The summed E-state index contributed by atoms with van der Waals surface area (Å²) >= 11 is 0. The summed E-state index contributed by atoms with van der Waals surface area (Å²) in [4.78, 5) is 2.60. The smallest absolute Gasteiger partial charge is 0.0610 e. The molecule has 1 aliphatic rings. The maximum Gasteiger partial charge on any atom is 0.0610 e. The second-order valence-electron chi connectivity index (χ2n) is 7.19. The van der Waals surface area contributed by atoms with E-state index in [1.165, 1.54) is 32.5 Å². The molecule has 19 heavy (non-hydrogen) atoms. The van der Waals surface area contributed by atoms with Crippen LogP contribution in [0, 0.1) is 11.8 Å². The van der Waals surface area contributed by atoms with Crippen LogP contribution in [0.3, 0.4) is 0 Å². The standard InChI is InChI=1S/C16H34N2O/c1-13(2)17-16(5,12-19)8-6-7-9-18-10-14(3)15(4)11-18/h13-15,17,19H,6-12H2,1-5H3. The van der Waals surface area contributed by atoms with E-state index in [2.05, 4.69) is 44.8 Å². The number of rotatable bonds is 8. The van der Waals surface area contributed by atoms with Crippen LogP contribution in [-0.4, -0.2) is 47.8 Å². The first-order valence-corrected chi connectivity index (χ1v) is 7.97. The molecule has 0 aromatic carbocycles. The third kappa shape index (κ3) is 5.80. The van der Waals surface area contributed by atoms with Gasteiger partial charge in [-0.25, -0.2) is 0 Å². The number of aliphatic hydroxyl groups is 1. The van der Waals surface area contributed by atoms with Crippen molar-refractivity contribution in [3.63, 3.8) is 0 Å². The fourth-order valence-electron chi connectivity index (χ4n) is 3.18. The van der Waals surface area contributed by atoms with Gasteiger partial charge in [-0.2, -0.15) is 0 Å². The van der Waals surface area contributed by atoms with E-state index in [1.807, 2.05) is 0 Å². The maximum atomic E-state index is 9.54. The zero-order chi connectivity index (χ0) is 14.5. The van der Waals surface area contributed by atoms with Gasteiger partial charge in [0, 0.05) is 24.7 Å². The van der Waals surface area contributed by atoms with Crippen molar-refractivity contribution in [2.45, 2.75) is 65.5 Å². The quantitative estimate of drug-likeness (QED) is 0.665. The molecule has 3 atom stereocenters. The Labute approximate surface area is 119 Å². The molecule has 0 spiro atoms. The molecular formula is C16H34N2O. The van der Waals surface area contributed by atoms with Crippen molar-refractivity contribution in [1.82, 2.24) is 10.2 Å². The Morgan fingerprint density at radius 3 is 2.26 bits per heavy atom. The largest absolute Gasteiger partial charge is 0.394 e. The molecule has 3 nitrogen and oxygen atoms in total. The van der Waals surface area contributed by atoms with E-state index in [4.69, 9.17) is 0 Å². The van der Waals surface area contributed by atoms with E-state index in [0.29, 0.717) is 6.04 Å². The molecule has 1 aliphatic heterocycles. The topological polar surface area (TPSA) is 35.5 Å². The number of hydrogen-bond donors (Lipinski definition) is 2. The fourth-order valence-corrected chi connectivity index (χ4v) is 3.18. The van der Waals surface area contributed by atoms with Gasteiger partial charge in [-0.1, -0.05) is 34.1 Å². The molecule has 114 valence electrons. The Morgan fingerprint density at radius 2 is 1.79 bits per heavy atom. The zero-order valence-corrected chi connectivity index (χ0v) is 13.6. The highest BCUT2D eigenvalue weighted by Crippen LogP contribution is 2.22. The van der Waals surface area contributed by atoms with Crippen LogP contribution in [0.15, 0.2) is 0 Å². The summed E-state index contributed by atoms with van der Waals surface area (Å²) in [5.41, 5.74) is -0.111. The summed E-state index contributed by atoms with van der Waals surface area (Å²) < 4.78 is 0. The van der Waals surface area contributed by atoms with E-state index >= 15 is 0 Å². The lowest BCUT2D eigenvalue weighted by Crippen LogP contribution is -2.49. The van der Waals surface area contributed by atoms with Crippen LogP contribution in [-0.2, 0) is 0 Å². The predicted octanol–water partition coefficient (Wildman–Crippen LogP) is 2.49. The van der Waals surface area contributed by atoms with E-state index in [0.717, 1.165) is 18.3 Å². The Bertz CT molecular complexity index is 247. The van der Waals surface area contributed by atoms with Gasteiger partial charge in [0.25, 0.3) is 0 Å². The maximum absolute atomic E-state index is 9.54. The van der Waals surface area contributed by atoms with Crippen molar-refractivity contribution in [2.75, 3.05) is 26.2 Å². The molecule has 0 aromatic rings. The average molecular weight is 270 g/mol. The van der Waals surface area contributed by atoms with Crippen LogP contribution < -0.4 is 5.32 Å². The van der Waals surface area contributed by atoms with Crippen LogP contribution in [0.1, 0.15) is 53.9 Å². The third-order valence-electron chi connectivity index (χ3n) is 4.50. The third-order valence-corrected chi connectivity index (χ3v) is 4.50. The summed E-state index contributed by atoms with van der Waals surface area (Å²) in [5.74, 6) is 1.70. The molecule has 1 heterocycles. The highest BCUT2D eigenvalue weighted by molar-refractivity contribution is 4.84. The molecule has 1 rings (SSSR count). The Morgan fingerprint density at radius 1 is 1.21 bits per heavy atom. The normalized spacial score (nSPS) is 27.9. The molecular weight excluding hydrogens is 236 g/mol. The van der Waals surface area contributed by atoms with Crippen LogP contribution in [0.5, 0.6) is 0 Å². The monoisotopic (exact) mass is 270 g/mol. The Balaban J connectivity index is 2.19. The van der Waals surface area contributed by atoms with E-state index < -0.39 is 0 Å². The summed E-state index contributed by atoms with van der Waals surface area (Å²) in [6.45, 7) is 15.1. The summed E-state index contributed by atoms with van der Waals surface area (Å²) in [7, 11) is 0. The van der Waals surface area contributed by atoms with Gasteiger partial charge >= 0.3 is 0 Å². The van der Waals surface area contributed by atoms with Crippen molar-refractivity contribution in [1.29, 1.82) is 0 Å².